The van der Waals surface area contributed by atoms with Gasteiger partial charge in [-0.2, -0.15) is 0 Å². The molecule has 2 aromatic rings. The van der Waals surface area contributed by atoms with Gasteiger partial charge in [0.1, 0.15) is 38.6 Å². The van der Waals surface area contributed by atoms with E-state index in [4.69, 9.17) is 49.0 Å². The number of rotatable bonds is 5. The Morgan fingerprint density at radius 2 is 1.87 bits per heavy atom. The van der Waals surface area contributed by atoms with Crippen LogP contribution in [0.3, 0.4) is 0 Å². The molecule has 0 unspecified atom stereocenters. The highest BCUT2D eigenvalue weighted by Crippen LogP contribution is 2.46. The number of hydrogen-bond acceptors (Lipinski definition) is 11. The van der Waals surface area contributed by atoms with Crippen molar-refractivity contribution in [3.05, 3.63) is 61.2 Å². The molecule has 1 aromatic carbocycles. The van der Waals surface area contributed by atoms with E-state index in [0.29, 0.717) is 11.4 Å². The molecule has 298 valence electrons. The molecule has 2 fully saturated rings. The summed E-state index contributed by atoms with van der Waals surface area (Å²) in [5.74, 6) is -3.12. The minimum absolute atomic E-state index is 0.0197. The maximum atomic E-state index is 14.3. The van der Waals surface area contributed by atoms with Crippen LogP contribution in [-0.2, 0) is 51.7 Å². The van der Waals surface area contributed by atoms with Crippen LogP contribution in [0.4, 0.5) is 9.59 Å². The average Bonchev–Trinajstić information content (AvgIpc) is 3.39. The Hall–Kier alpha value is -3.61. The summed E-state index contributed by atoms with van der Waals surface area (Å²) in [7, 11) is -4.51. The molecular weight excluding hydrogens is 821 g/mol. The Labute approximate surface area is 337 Å². The van der Waals surface area contributed by atoms with Gasteiger partial charge in [0, 0.05) is 36.9 Å². The lowest BCUT2D eigenvalue weighted by molar-refractivity contribution is -0.141. The van der Waals surface area contributed by atoms with Crippen LogP contribution in [0, 0.1) is 5.92 Å². The van der Waals surface area contributed by atoms with Crippen molar-refractivity contribution in [1.82, 2.24) is 25.2 Å². The van der Waals surface area contributed by atoms with Gasteiger partial charge in [0.05, 0.1) is 24.0 Å². The van der Waals surface area contributed by atoms with Gasteiger partial charge < -0.3 is 29.7 Å². The molecule has 4 aliphatic rings. The van der Waals surface area contributed by atoms with E-state index in [-0.39, 0.29) is 60.8 Å². The summed E-state index contributed by atoms with van der Waals surface area (Å²) in [6, 6.07) is 3.96. The third-order valence-corrected chi connectivity index (χ3v) is 13.0. The fourth-order valence-electron chi connectivity index (χ4n) is 6.79. The van der Waals surface area contributed by atoms with Gasteiger partial charge in [0.25, 0.3) is 15.9 Å². The minimum Gasteiger partial charge on any atom is -0.444 e. The number of nitrogens with one attached hydrogen (secondary N) is 3. The van der Waals surface area contributed by atoms with Crippen LogP contribution in [0.15, 0.2) is 41.3 Å². The Bertz CT molecular complexity index is 2020. The molecular formula is C35H40Cl3N5O10S2. The van der Waals surface area contributed by atoms with E-state index in [1.165, 1.54) is 9.80 Å². The Morgan fingerprint density at radius 1 is 1.11 bits per heavy atom. The number of ether oxygens (including phenoxy) is 3. The quantitative estimate of drug-likeness (QED) is 0.354. The molecule has 15 nitrogen and oxygen atoms in total. The fraction of sp³-hybridized carbons (Fsp3) is 0.514. The molecule has 0 spiro atoms. The van der Waals surface area contributed by atoms with Crippen molar-refractivity contribution in [2.24, 2.45) is 5.92 Å². The molecule has 1 aromatic heterocycles. The summed E-state index contributed by atoms with van der Waals surface area (Å²) in [6.45, 7) is 5.50. The number of benzene rings is 1. The van der Waals surface area contributed by atoms with Crippen molar-refractivity contribution in [2.75, 3.05) is 19.8 Å². The molecule has 1 aliphatic carbocycles. The van der Waals surface area contributed by atoms with Crippen molar-refractivity contribution in [2.45, 2.75) is 93.8 Å². The van der Waals surface area contributed by atoms with Crippen LogP contribution in [0.5, 0.6) is 0 Å². The Balaban J connectivity index is 1.27. The van der Waals surface area contributed by atoms with Gasteiger partial charge >= 0.3 is 12.2 Å². The number of halogens is 3. The SMILES string of the molecule is CC(C)(C)OC(=O)N[C@H]1CCOCC/C=C\[C@H]2C[C@@]2(C(=O)NS(=O)(=O)c2cc(Cl)sc2Cl)NC(=O)[C@@H]2C[C@@H](OC(=O)N3Cc4cccc(Cl)c4C3)CN2C1=O. The van der Waals surface area contributed by atoms with Crippen LogP contribution < -0.4 is 15.4 Å². The molecule has 3 N–H and O–H groups in total. The van der Waals surface area contributed by atoms with Gasteiger partial charge in [-0.25, -0.2) is 22.7 Å². The molecule has 55 heavy (non-hydrogen) atoms. The van der Waals surface area contributed by atoms with Gasteiger partial charge in [-0.15, -0.1) is 11.3 Å². The number of fused-ring (bicyclic) bond motifs is 3. The van der Waals surface area contributed by atoms with E-state index in [9.17, 15) is 32.4 Å². The van der Waals surface area contributed by atoms with E-state index < -0.39 is 80.1 Å². The highest BCUT2D eigenvalue weighted by molar-refractivity contribution is 7.90. The number of thiophene rings is 1. The first-order chi connectivity index (χ1) is 25.9. The van der Waals surface area contributed by atoms with Gasteiger partial charge in [-0.3, -0.25) is 19.3 Å². The second-order valence-corrected chi connectivity index (χ2v) is 19.0. The number of hydrogen-bond donors (Lipinski definition) is 3. The van der Waals surface area contributed by atoms with E-state index in [1.54, 1.807) is 45.1 Å². The van der Waals surface area contributed by atoms with Crippen molar-refractivity contribution in [3.8, 4) is 0 Å². The lowest BCUT2D eigenvalue weighted by atomic mass is 10.1. The zero-order chi connectivity index (χ0) is 39.9. The van der Waals surface area contributed by atoms with E-state index in [2.05, 4.69) is 10.6 Å². The fourth-order valence-corrected chi connectivity index (χ4v) is 10.2. The molecule has 5 atom stereocenters. The van der Waals surface area contributed by atoms with E-state index in [1.807, 2.05) is 10.8 Å². The predicted octanol–water partition coefficient (Wildman–Crippen LogP) is 4.77. The molecule has 3 aliphatic heterocycles. The molecule has 20 heteroatoms. The largest absolute Gasteiger partial charge is 0.444 e. The highest BCUT2D eigenvalue weighted by Gasteiger charge is 2.62. The van der Waals surface area contributed by atoms with Crippen molar-refractivity contribution in [3.63, 3.8) is 0 Å². The molecule has 1 saturated carbocycles. The third kappa shape index (κ3) is 9.34. The second-order valence-electron chi connectivity index (χ2n) is 14.7. The molecule has 4 heterocycles. The summed E-state index contributed by atoms with van der Waals surface area (Å²) in [4.78, 5) is 71.1. The maximum Gasteiger partial charge on any atom is 0.410 e. The Kier molecular flexibility index (Phi) is 12.0. The van der Waals surface area contributed by atoms with Crippen molar-refractivity contribution < 1.29 is 46.6 Å². The van der Waals surface area contributed by atoms with Crippen LogP contribution in [0.25, 0.3) is 0 Å². The van der Waals surface area contributed by atoms with Crippen LogP contribution in [0.1, 0.15) is 57.6 Å². The topological polar surface area (TPSA) is 190 Å². The second kappa shape index (κ2) is 16.1. The van der Waals surface area contributed by atoms with Gasteiger partial charge in [-0.1, -0.05) is 59.1 Å². The summed E-state index contributed by atoms with van der Waals surface area (Å²) >= 11 is 19.2. The average molecular weight is 861 g/mol. The molecule has 6 rings (SSSR count). The normalized spacial score (nSPS) is 26.4. The first-order valence-electron chi connectivity index (χ1n) is 17.5. The lowest BCUT2D eigenvalue weighted by Crippen LogP contribution is -2.58. The summed E-state index contributed by atoms with van der Waals surface area (Å²) in [6.07, 6.45) is 1.20. The molecule has 5 amide bonds. The first kappa shape index (κ1) is 41.0. The third-order valence-electron chi connectivity index (χ3n) is 9.55. The van der Waals surface area contributed by atoms with Crippen LogP contribution >= 0.6 is 46.1 Å². The van der Waals surface area contributed by atoms with Crippen molar-refractivity contribution >= 4 is 86.1 Å². The summed E-state index contributed by atoms with van der Waals surface area (Å²) in [5.41, 5.74) is -0.962. The molecule has 0 radical (unpaired) electrons. The number of carbonyl (C=O) groups is 5. The van der Waals surface area contributed by atoms with Gasteiger partial charge in [-0.05, 0) is 56.9 Å². The van der Waals surface area contributed by atoms with E-state index in [0.717, 1.165) is 28.5 Å². The van der Waals surface area contributed by atoms with Gasteiger partial charge in [0.15, 0.2) is 0 Å². The standard InChI is InChI=1S/C35H40Cl3N5O10S2/c1-34(2,3)53-32(47)39-24-10-12-51-11-5-4-8-20-15-35(20,31(46)41-55(49,50)26-14-27(37)54-28(26)38)40-29(44)25-13-21(17-43(25)30(24)45)52-33(48)42-16-19-7-6-9-23(36)22(19)18-42/h4,6-9,14,20-21,24-25H,5,10-13,15-18H2,1-3H3,(H,39,47)(H,40,44)(H,41,46)/b8-4-/t20-,21+,24-,25-,35+/m0/s1. The van der Waals surface area contributed by atoms with Crippen molar-refractivity contribution in [1.29, 1.82) is 0 Å². The van der Waals surface area contributed by atoms with Crippen LogP contribution in [-0.4, -0.2) is 97.2 Å². The zero-order valence-corrected chi connectivity index (χ0v) is 34.0. The number of sulfonamides is 1. The lowest BCUT2D eigenvalue weighted by Gasteiger charge is -2.30. The minimum atomic E-state index is -4.51. The predicted molar refractivity (Wildman–Crippen MR) is 202 cm³/mol. The molecule has 1 saturated heterocycles. The molecule has 0 bridgehead atoms. The van der Waals surface area contributed by atoms with Crippen LogP contribution in [0.2, 0.25) is 13.7 Å². The number of nitrogens with zero attached hydrogens (tertiary/aromatic N) is 2. The number of alkyl carbamates (subject to hydrolysis) is 1. The zero-order valence-electron chi connectivity index (χ0n) is 30.1. The number of amides is 5. The smallest absolute Gasteiger partial charge is 0.410 e. The monoisotopic (exact) mass is 859 g/mol. The highest BCUT2D eigenvalue weighted by atomic mass is 35.5. The first-order valence-corrected chi connectivity index (χ1v) is 20.9. The summed E-state index contributed by atoms with van der Waals surface area (Å²) in [5, 5.41) is 5.83. The van der Waals surface area contributed by atoms with Gasteiger partial charge in [0.2, 0.25) is 11.8 Å². The van der Waals surface area contributed by atoms with E-state index >= 15 is 0 Å². The Morgan fingerprint density at radius 3 is 2.56 bits per heavy atom. The summed E-state index contributed by atoms with van der Waals surface area (Å²) < 4.78 is 45.5. The number of carbonyl (C=O) groups excluding carboxylic acids is 5. The maximum absolute atomic E-state index is 14.3.